The zero-order chi connectivity index (χ0) is 21.0. The van der Waals surface area contributed by atoms with Crippen molar-refractivity contribution in [3.05, 3.63) is 64.7 Å². The molecule has 0 spiro atoms. The molecule has 0 saturated carbocycles. The van der Waals surface area contributed by atoms with Crippen molar-refractivity contribution in [2.24, 2.45) is 0 Å². The van der Waals surface area contributed by atoms with Gasteiger partial charge in [-0.15, -0.1) is 0 Å². The number of halogens is 1. The minimum atomic E-state index is -0.516. The first kappa shape index (κ1) is 21.2. The molecule has 154 valence electrons. The zero-order valence-electron chi connectivity index (χ0n) is 17.0. The van der Waals surface area contributed by atoms with Gasteiger partial charge in [-0.05, 0) is 82.1 Å². The summed E-state index contributed by atoms with van der Waals surface area (Å²) in [5.41, 5.74) is 0.648. The highest BCUT2D eigenvalue weighted by Gasteiger charge is 2.32. The molecule has 1 unspecified atom stereocenters. The third-order valence-corrected chi connectivity index (χ3v) is 4.92. The summed E-state index contributed by atoms with van der Waals surface area (Å²) in [6.07, 6.45) is 1.52. The van der Waals surface area contributed by atoms with Crippen LogP contribution in [0.5, 0.6) is 5.75 Å². The van der Waals surface area contributed by atoms with Gasteiger partial charge in [0.25, 0.3) is 0 Å². The van der Waals surface area contributed by atoms with Gasteiger partial charge in [0.1, 0.15) is 18.0 Å². The second-order valence-corrected chi connectivity index (χ2v) is 8.58. The Morgan fingerprint density at radius 1 is 1.03 bits per heavy atom. The molecule has 0 radical (unpaired) electrons. The summed E-state index contributed by atoms with van der Waals surface area (Å²) in [7, 11) is 0. The van der Waals surface area contributed by atoms with Crippen LogP contribution in [0.15, 0.2) is 48.5 Å². The normalized spacial score (nSPS) is 16.6. The maximum atomic E-state index is 12.5. The summed E-state index contributed by atoms with van der Waals surface area (Å²) < 4.78 is 11.4. The number of likely N-dealkylation sites (tertiary alicyclic amines) is 1. The quantitative estimate of drug-likeness (QED) is 0.617. The largest absolute Gasteiger partial charge is 0.491 e. The number of benzene rings is 2. The van der Waals surface area contributed by atoms with E-state index in [0.29, 0.717) is 35.1 Å². The summed E-state index contributed by atoms with van der Waals surface area (Å²) in [4.78, 5) is 26.6. The van der Waals surface area contributed by atoms with Gasteiger partial charge in [-0.2, -0.15) is 0 Å². The Hall–Kier alpha value is -2.53. The Bertz CT molecular complexity index is 856. The molecule has 0 N–H and O–H groups in total. The van der Waals surface area contributed by atoms with Crippen LogP contribution in [-0.2, 0) is 4.74 Å². The third kappa shape index (κ3) is 5.73. The molecular formula is C23H26ClNO4. The standard InChI is InChI=1S/C23H26ClNO4/c1-23(2,3)29-22(27)25-14-4-5-19(25)15-28-20-12-8-17(9-13-20)21(26)16-6-10-18(24)11-7-16/h6-13,19H,4-5,14-15H2,1-3H3. The van der Waals surface area contributed by atoms with Crippen molar-refractivity contribution in [2.75, 3.05) is 13.2 Å². The molecule has 1 amide bonds. The van der Waals surface area contributed by atoms with Gasteiger partial charge in [-0.1, -0.05) is 11.6 Å². The topological polar surface area (TPSA) is 55.8 Å². The van der Waals surface area contributed by atoms with Gasteiger partial charge >= 0.3 is 6.09 Å². The molecule has 1 atom stereocenters. The SMILES string of the molecule is CC(C)(C)OC(=O)N1CCCC1COc1ccc(C(=O)c2ccc(Cl)cc2)cc1. The van der Waals surface area contributed by atoms with Crippen molar-refractivity contribution >= 4 is 23.5 Å². The number of ether oxygens (including phenoxy) is 2. The molecular weight excluding hydrogens is 390 g/mol. The lowest BCUT2D eigenvalue weighted by atomic mass is 10.0. The fourth-order valence-electron chi connectivity index (χ4n) is 3.23. The number of hydrogen-bond acceptors (Lipinski definition) is 4. The molecule has 0 aliphatic carbocycles. The molecule has 0 bridgehead atoms. The fraction of sp³-hybridized carbons (Fsp3) is 0.391. The van der Waals surface area contributed by atoms with E-state index < -0.39 is 5.60 Å². The molecule has 1 fully saturated rings. The molecule has 3 rings (SSSR count). The number of hydrogen-bond donors (Lipinski definition) is 0. The first-order valence-corrected chi connectivity index (χ1v) is 10.1. The molecule has 5 nitrogen and oxygen atoms in total. The van der Waals surface area contributed by atoms with E-state index in [9.17, 15) is 9.59 Å². The number of ketones is 1. The number of rotatable bonds is 5. The summed E-state index contributed by atoms with van der Waals surface area (Å²) in [6.45, 7) is 6.65. The molecule has 1 saturated heterocycles. The summed E-state index contributed by atoms with van der Waals surface area (Å²) in [5, 5.41) is 0.595. The number of amides is 1. The Balaban J connectivity index is 1.58. The molecule has 1 aliphatic heterocycles. The highest BCUT2D eigenvalue weighted by atomic mass is 35.5. The summed E-state index contributed by atoms with van der Waals surface area (Å²) in [5.74, 6) is 0.591. The maximum Gasteiger partial charge on any atom is 0.410 e. The first-order valence-electron chi connectivity index (χ1n) is 9.76. The average molecular weight is 416 g/mol. The lowest BCUT2D eigenvalue weighted by molar-refractivity contribution is 0.0187. The van der Waals surface area contributed by atoms with Gasteiger partial charge in [0, 0.05) is 22.7 Å². The lowest BCUT2D eigenvalue weighted by Gasteiger charge is -2.28. The lowest BCUT2D eigenvalue weighted by Crippen LogP contribution is -2.42. The van der Waals surface area contributed by atoms with Crippen LogP contribution in [0, 0.1) is 0 Å². The van der Waals surface area contributed by atoms with E-state index >= 15 is 0 Å². The van der Waals surface area contributed by atoms with Crippen molar-refractivity contribution in [1.29, 1.82) is 0 Å². The fourth-order valence-corrected chi connectivity index (χ4v) is 3.36. The summed E-state index contributed by atoms with van der Waals surface area (Å²) >= 11 is 5.87. The average Bonchev–Trinajstić information content (AvgIpc) is 3.14. The van der Waals surface area contributed by atoms with Crippen LogP contribution >= 0.6 is 11.6 Å². The second-order valence-electron chi connectivity index (χ2n) is 8.14. The number of carbonyl (C=O) groups is 2. The van der Waals surface area contributed by atoms with Crippen LogP contribution < -0.4 is 4.74 Å². The molecule has 6 heteroatoms. The highest BCUT2D eigenvalue weighted by molar-refractivity contribution is 6.30. The van der Waals surface area contributed by atoms with E-state index in [2.05, 4.69) is 0 Å². The monoisotopic (exact) mass is 415 g/mol. The van der Waals surface area contributed by atoms with Crippen molar-refractivity contribution in [3.8, 4) is 5.75 Å². The first-order chi connectivity index (χ1) is 13.7. The second kappa shape index (κ2) is 8.87. The Morgan fingerprint density at radius 2 is 1.62 bits per heavy atom. The van der Waals surface area contributed by atoms with E-state index in [0.717, 1.165) is 12.8 Å². The van der Waals surface area contributed by atoms with Gasteiger partial charge in [0.05, 0.1) is 6.04 Å². The van der Waals surface area contributed by atoms with Crippen LogP contribution in [-0.4, -0.2) is 41.6 Å². The van der Waals surface area contributed by atoms with Gasteiger partial charge in [-0.25, -0.2) is 4.79 Å². The van der Waals surface area contributed by atoms with Crippen LogP contribution in [0.25, 0.3) is 0 Å². The van der Waals surface area contributed by atoms with E-state index in [4.69, 9.17) is 21.1 Å². The van der Waals surface area contributed by atoms with Gasteiger partial charge in [0.2, 0.25) is 0 Å². The Kier molecular flexibility index (Phi) is 6.48. The van der Waals surface area contributed by atoms with Crippen molar-refractivity contribution < 1.29 is 19.1 Å². The van der Waals surface area contributed by atoms with E-state index in [1.165, 1.54) is 0 Å². The number of carbonyl (C=O) groups excluding carboxylic acids is 2. The molecule has 29 heavy (non-hydrogen) atoms. The van der Waals surface area contributed by atoms with Gasteiger partial charge in [0.15, 0.2) is 5.78 Å². The predicted octanol–water partition coefficient (Wildman–Crippen LogP) is 5.35. The highest BCUT2D eigenvalue weighted by Crippen LogP contribution is 2.23. The van der Waals surface area contributed by atoms with Gasteiger partial charge in [-0.3, -0.25) is 4.79 Å². The minimum absolute atomic E-state index is 0.0137. The summed E-state index contributed by atoms with van der Waals surface area (Å²) in [6, 6.07) is 13.8. The predicted molar refractivity (Wildman–Crippen MR) is 113 cm³/mol. The van der Waals surface area contributed by atoms with Crippen LogP contribution in [0.3, 0.4) is 0 Å². The van der Waals surface area contributed by atoms with Crippen molar-refractivity contribution in [3.63, 3.8) is 0 Å². The van der Waals surface area contributed by atoms with E-state index in [1.807, 2.05) is 20.8 Å². The molecule has 2 aromatic carbocycles. The zero-order valence-corrected chi connectivity index (χ0v) is 17.7. The van der Waals surface area contributed by atoms with Crippen molar-refractivity contribution in [2.45, 2.75) is 45.3 Å². The van der Waals surface area contributed by atoms with Crippen LogP contribution in [0.4, 0.5) is 4.79 Å². The van der Waals surface area contributed by atoms with Crippen molar-refractivity contribution in [1.82, 2.24) is 4.90 Å². The third-order valence-electron chi connectivity index (χ3n) is 4.67. The van der Waals surface area contributed by atoms with E-state index in [-0.39, 0.29) is 17.9 Å². The van der Waals surface area contributed by atoms with E-state index in [1.54, 1.807) is 53.4 Å². The smallest absolute Gasteiger partial charge is 0.410 e. The molecule has 0 aromatic heterocycles. The molecule has 2 aromatic rings. The van der Waals surface area contributed by atoms with Gasteiger partial charge < -0.3 is 14.4 Å². The Labute approximate surface area is 176 Å². The van der Waals surface area contributed by atoms with Crippen LogP contribution in [0.2, 0.25) is 5.02 Å². The number of nitrogens with zero attached hydrogens (tertiary/aromatic N) is 1. The molecule has 1 aliphatic rings. The molecule has 1 heterocycles. The minimum Gasteiger partial charge on any atom is -0.491 e. The maximum absolute atomic E-state index is 12.5. The van der Waals surface area contributed by atoms with Crippen LogP contribution in [0.1, 0.15) is 49.5 Å². The Morgan fingerprint density at radius 3 is 2.21 bits per heavy atom.